The maximum atomic E-state index is 12.8. The lowest BCUT2D eigenvalue weighted by atomic mass is 9.97. The van der Waals surface area contributed by atoms with E-state index in [1.165, 1.54) is 4.31 Å². The van der Waals surface area contributed by atoms with Crippen LogP contribution in [0.15, 0.2) is 42.5 Å². The van der Waals surface area contributed by atoms with Crippen molar-refractivity contribution in [3.63, 3.8) is 0 Å². The number of halogens is 2. The van der Waals surface area contributed by atoms with Gasteiger partial charge in [-0.05, 0) is 42.7 Å². The van der Waals surface area contributed by atoms with E-state index >= 15 is 0 Å². The lowest BCUT2D eigenvalue weighted by Gasteiger charge is -2.30. The number of nitrogens with one attached hydrogen (secondary N) is 1. The van der Waals surface area contributed by atoms with Gasteiger partial charge in [-0.2, -0.15) is 0 Å². The molecule has 168 valence electrons. The van der Waals surface area contributed by atoms with E-state index in [0.29, 0.717) is 48.1 Å². The van der Waals surface area contributed by atoms with Crippen molar-refractivity contribution in [2.75, 3.05) is 32.1 Å². The molecule has 0 aromatic heterocycles. The van der Waals surface area contributed by atoms with Crippen LogP contribution in [0.2, 0.25) is 10.0 Å². The van der Waals surface area contributed by atoms with Gasteiger partial charge in [0.25, 0.3) is 0 Å². The molecule has 0 unspecified atom stereocenters. The van der Waals surface area contributed by atoms with Crippen molar-refractivity contribution in [1.29, 1.82) is 0 Å². The van der Waals surface area contributed by atoms with Gasteiger partial charge in [-0.1, -0.05) is 41.4 Å². The van der Waals surface area contributed by atoms with Crippen molar-refractivity contribution in [3.05, 3.63) is 63.6 Å². The van der Waals surface area contributed by atoms with Gasteiger partial charge in [0.1, 0.15) is 0 Å². The molecule has 1 amide bonds. The summed E-state index contributed by atoms with van der Waals surface area (Å²) in [5, 5.41) is 3.64. The second-order valence-corrected chi connectivity index (χ2v) is 10.7. The van der Waals surface area contributed by atoms with E-state index in [-0.39, 0.29) is 17.6 Å². The number of carbonyl (C=O) groups excluding carboxylic acids is 1. The van der Waals surface area contributed by atoms with Gasteiger partial charge < -0.3 is 10.2 Å². The van der Waals surface area contributed by atoms with Gasteiger partial charge in [0.15, 0.2) is 0 Å². The van der Waals surface area contributed by atoms with Gasteiger partial charge in [0.05, 0.1) is 5.75 Å². The third-order valence-electron chi connectivity index (χ3n) is 5.53. The van der Waals surface area contributed by atoms with E-state index < -0.39 is 10.0 Å². The second kappa shape index (κ2) is 10.2. The maximum absolute atomic E-state index is 12.8. The molecule has 0 spiro atoms. The Hall–Kier alpha value is -1.80. The zero-order valence-corrected chi connectivity index (χ0v) is 20.0. The van der Waals surface area contributed by atoms with Gasteiger partial charge in [0, 0.05) is 60.9 Å². The lowest BCUT2D eigenvalue weighted by molar-refractivity contribution is -0.126. The molecule has 31 heavy (non-hydrogen) atoms. The molecule has 1 N–H and O–H groups in total. The summed E-state index contributed by atoms with van der Waals surface area (Å²) in [4.78, 5) is 14.6. The number of rotatable bonds is 7. The average molecular weight is 484 g/mol. The summed E-state index contributed by atoms with van der Waals surface area (Å²) in [6, 6.07) is 12.9. The van der Waals surface area contributed by atoms with Crippen LogP contribution in [0.1, 0.15) is 24.0 Å². The Balaban J connectivity index is 1.52. The molecule has 0 atom stereocenters. The molecular weight excluding hydrogens is 457 g/mol. The first-order chi connectivity index (χ1) is 14.7. The molecule has 0 bridgehead atoms. The number of nitrogens with zero attached hydrogens (tertiary/aromatic N) is 2. The predicted molar refractivity (Wildman–Crippen MR) is 126 cm³/mol. The Morgan fingerprint density at radius 1 is 1.06 bits per heavy atom. The molecule has 1 saturated heterocycles. The number of piperidine rings is 1. The van der Waals surface area contributed by atoms with Gasteiger partial charge in [-0.3, -0.25) is 4.79 Å². The van der Waals surface area contributed by atoms with E-state index in [0.717, 1.165) is 11.3 Å². The standard InChI is InChI=1S/C22H27Cl2N3O3S/c1-26(2)18-8-6-16(7-9-18)14-25-22(28)17-10-12-27(13-11-17)31(29,30)15-19-20(23)4-3-5-21(19)24/h3-9,17H,10-15H2,1-2H3,(H,25,28). The topological polar surface area (TPSA) is 69.7 Å². The average Bonchev–Trinajstić information content (AvgIpc) is 2.75. The van der Waals surface area contributed by atoms with Crippen molar-refractivity contribution in [2.24, 2.45) is 5.92 Å². The summed E-state index contributed by atoms with van der Waals surface area (Å²) in [6.45, 7) is 1.07. The zero-order valence-electron chi connectivity index (χ0n) is 17.6. The number of carbonyl (C=O) groups is 1. The van der Waals surface area contributed by atoms with Gasteiger partial charge in [-0.15, -0.1) is 0 Å². The van der Waals surface area contributed by atoms with Crippen LogP contribution in [0.4, 0.5) is 5.69 Å². The summed E-state index contributed by atoms with van der Waals surface area (Å²) in [5.41, 5.74) is 2.53. The SMILES string of the molecule is CN(C)c1ccc(CNC(=O)C2CCN(S(=O)(=O)Cc3c(Cl)cccc3Cl)CC2)cc1. The summed E-state index contributed by atoms with van der Waals surface area (Å²) in [7, 11) is 0.389. The van der Waals surface area contributed by atoms with Gasteiger partial charge in [0.2, 0.25) is 15.9 Å². The minimum atomic E-state index is -3.57. The Bertz CT molecular complexity index is 999. The van der Waals surface area contributed by atoms with Gasteiger partial charge in [-0.25, -0.2) is 12.7 Å². The zero-order chi connectivity index (χ0) is 22.6. The predicted octanol–water partition coefficient (Wildman–Crippen LogP) is 3.92. The number of benzene rings is 2. The van der Waals surface area contributed by atoms with Crippen LogP contribution in [0, 0.1) is 5.92 Å². The van der Waals surface area contributed by atoms with Crippen LogP contribution in [-0.4, -0.2) is 45.8 Å². The Morgan fingerprint density at radius 2 is 1.65 bits per heavy atom. The molecule has 2 aromatic carbocycles. The molecule has 9 heteroatoms. The van der Waals surface area contributed by atoms with Crippen LogP contribution < -0.4 is 10.2 Å². The molecule has 1 aliphatic rings. The van der Waals surface area contributed by atoms with Crippen LogP contribution in [0.25, 0.3) is 0 Å². The maximum Gasteiger partial charge on any atom is 0.223 e. The highest BCUT2D eigenvalue weighted by atomic mass is 35.5. The molecule has 0 saturated carbocycles. The molecule has 1 fully saturated rings. The number of anilines is 1. The molecule has 0 radical (unpaired) electrons. The van der Waals surface area contributed by atoms with Crippen LogP contribution in [-0.2, 0) is 27.1 Å². The monoisotopic (exact) mass is 483 g/mol. The van der Waals surface area contributed by atoms with E-state index in [9.17, 15) is 13.2 Å². The Morgan fingerprint density at radius 3 is 2.19 bits per heavy atom. The number of sulfonamides is 1. The van der Waals surface area contributed by atoms with E-state index in [1.54, 1.807) is 18.2 Å². The van der Waals surface area contributed by atoms with Crippen LogP contribution in [0.5, 0.6) is 0 Å². The number of amides is 1. The van der Waals surface area contributed by atoms with Crippen LogP contribution in [0.3, 0.4) is 0 Å². The van der Waals surface area contributed by atoms with E-state index in [4.69, 9.17) is 23.2 Å². The largest absolute Gasteiger partial charge is 0.378 e. The molecule has 6 nitrogen and oxygen atoms in total. The quantitative estimate of drug-likeness (QED) is 0.647. The minimum absolute atomic E-state index is 0.0390. The van der Waals surface area contributed by atoms with Crippen molar-refractivity contribution in [3.8, 4) is 0 Å². The Labute approximate surface area is 194 Å². The minimum Gasteiger partial charge on any atom is -0.378 e. The van der Waals surface area contributed by atoms with E-state index in [2.05, 4.69) is 5.32 Å². The third-order valence-corrected chi connectivity index (χ3v) is 8.04. The Kier molecular flexibility index (Phi) is 7.86. The number of hydrogen-bond acceptors (Lipinski definition) is 4. The molecule has 2 aromatic rings. The fraction of sp³-hybridized carbons (Fsp3) is 0.409. The summed E-state index contributed by atoms with van der Waals surface area (Å²) in [6.07, 6.45) is 0.974. The summed E-state index contributed by atoms with van der Waals surface area (Å²) >= 11 is 12.3. The molecule has 1 heterocycles. The second-order valence-electron chi connectivity index (χ2n) is 7.91. The highest BCUT2D eigenvalue weighted by Crippen LogP contribution is 2.29. The first kappa shape index (κ1) is 23.9. The van der Waals surface area contributed by atoms with Crippen LogP contribution >= 0.6 is 23.2 Å². The van der Waals surface area contributed by atoms with E-state index in [1.807, 2.05) is 43.3 Å². The summed E-state index contributed by atoms with van der Waals surface area (Å²) < 4.78 is 27.1. The molecular formula is C22H27Cl2N3O3S. The number of hydrogen-bond donors (Lipinski definition) is 1. The smallest absolute Gasteiger partial charge is 0.223 e. The molecule has 0 aliphatic carbocycles. The highest BCUT2D eigenvalue weighted by Gasteiger charge is 2.31. The van der Waals surface area contributed by atoms with Crippen molar-refractivity contribution in [2.45, 2.75) is 25.1 Å². The normalized spacial score (nSPS) is 15.6. The first-order valence-corrected chi connectivity index (χ1v) is 12.5. The van der Waals surface area contributed by atoms with Crippen molar-refractivity contribution >= 4 is 44.8 Å². The highest BCUT2D eigenvalue weighted by molar-refractivity contribution is 7.88. The fourth-order valence-electron chi connectivity index (χ4n) is 3.59. The van der Waals surface area contributed by atoms with Gasteiger partial charge >= 0.3 is 0 Å². The van der Waals surface area contributed by atoms with Crippen molar-refractivity contribution < 1.29 is 13.2 Å². The molecule has 3 rings (SSSR count). The third kappa shape index (κ3) is 6.13. The first-order valence-electron chi connectivity index (χ1n) is 10.1. The fourth-order valence-corrected chi connectivity index (χ4v) is 5.90. The molecule has 1 aliphatic heterocycles. The van der Waals surface area contributed by atoms with Crippen molar-refractivity contribution in [1.82, 2.24) is 9.62 Å². The lowest BCUT2D eigenvalue weighted by Crippen LogP contribution is -2.43. The summed E-state index contributed by atoms with van der Waals surface area (Å²) in [5.74, 6) is -0.482.